The van der Waals surface area contributed by atoms with Crippen molar-refractivity contribution >= 4 is 47.5 Å². The summed E-state index contributed by atoms with van der Waals surface area (Å²) in [6, 6.07) is 0. The standard InChI is InChI=1S/C6H8O7.Hf.Na.H2O.H/c7-3(8)1-6(13,5(11)12)2-4(9)10;;;;/h13H,1-2H2,(H,7,8)(H,9,10)(H,11,12);;;1H2;. The summed E-state index contributed by atoms with van der Waals surface area (Å²) in [5.41, 5.74) is -2.74. The van der Waals surface area contributed by atoms with Gasteiger partial charge in [-0.3, -0.25) is 9.59 Å². The van der Waals surface area contributed by atoms with Crippen molar-refractivity contribution in [1.29, 1.82) is 0 Å². The van der Waals surface area contributed by atoms with Gasteiger partial charge in [0, 0.05) is 25.8 Å². The first-order chi connectivity index (χ1) is 5.78. The molecule has 0 saturated carbocycles. The number of carbonyl (C=O) groups is 3. The van der Waals surface area contributed by atoms with Crippen LogP contribution in [-0.4, -0.2) is 79.0 Å². The van der Waals surface area contributed by atoms with E-state index in [9.17, 15) is 14.4 Å². The summed E-state index contributed by atoms with van der Waals surface area (Å²) < 4.78 is 0. The summed E-state index contributed by atoms with van der Waals surface area (Å²) in [5, 5.41) is 33.8. The van der Waals surface area contributed by atoms with Crippen LogP contribution in [-0.2, 0) is 40.2 Å². The predicted molar refractivity (Wildman–Crippen MR) is 47.9 cm³/mol. The molecule has 10 heteroatoms. The molecule has 0 aromatic heterocycles. The molecule has 0 aliphatic heterocycles. The molecule has 88 valence electrons. The Balaban J connectivity index is -0.000000240. The number of aliphatic hydroxyl groups is 1. The maximum absolute atomic E-state index is 10.3. The second-order valence-electron chi connectivity index (χ2n) is 2.48. The molecule has 0 aliphatic carbocycles. The molecule has 0 bridgehead atoms. The number of carboxylic acid groups (broad SMARTS) is 3. The molecule has 0 spiro atoms. The number of carboxylic acids is 3. The van der Waals surface area contributed by atoms with Crippen molar-refractivity contribution in [3.8, 4) is 0 Å². The van der Waals surface area contributed by atoms with Crippen molar-refractivity contribution in [1.82, 2.24) is 0 Å². The summed E-state index contributed by atoms with van der Waals surface area (Å²) in [4.78, 5) is 30.5. The zero-order valence-electron chi connectivity index (χ0n) is 7.43. The van der Waals surface area contributed by atoms with Crippen molar-refractivity contribution in [2.24, 2.45) is 0 Å². The van der Waals surface area contributed by atoms with E-state index in [4.69, 9.17) is 20.4 Å². The van der Waals surface area contributed by atoms with Gasteiger partial charge in [-0.05, 0) is 0 Å². The Kier molecular flexibility index (Phi) is 16.3. The summed E-state index contributed by atoms with van der Waals surface area (Å²) in [6.07, 6.45) is -2.29. The van der Waals surface area contributed by atoms with Crippen LogP contribution in [0.3, 0.4) is 0 Å². The Morgan fingerprint density at radius 2 is 1.19 bits per heavy atom. The molecule has 0 unspecified atom stereocenters. The maximum atomic E-state index is 10.3. The Bertz CT molecular complexity index is 239. The molecule has 0 saturated heterocycles. The van der Waals surface area contributed by atoms with Crippen LogP contribution in [0.25, 0.3) is 0 Å². The summed E-state index contributed by atoms with van der Waals surface area (Å²) in [5.74, 6) is -5.02. The molecule has 8 nitrogen and oxygen atoms in total. The minimum absolute atomic E-state index is 0. The second-order valence-corrected chi connectivity index (χ2v) is 2.48. The Morgan fingerprint density at radius 3 is 1.31 bits per heavy atom. The normalized spacial score (nSPS) is 8.81. The molecule has 6 N–H and O–H groups in total. The van der Waals surface area contributed by atoms with Gasteiger partial charge >= 0.3 is 47.5 Å². The van der Waals surface area contributed by atoms with Crippen molar-refractivity contribution in [3.05, 3.63) is 0 Å². The topological polar surface area (TPSA) is 164 Å². The third-order valence-electron chi connectivity index (χ3n) is 1.29. The van der Waals surface area contributed by atoms with E-state index in [0.29, 0.717) is 0 Å². The van der Waals surface area contributed by atoms with Crippen LogP contribution >= 0.6 is 0 Å². The first-order valence-corrected chi connectivity index (χ1v) is 3.17. The molecular weight excluding hydrogens is 402 g/mol. The van der Waals surface area contributed by atoms with E-state index in [0.717, 1.165) is 0 Å². The van der Waals surface area contributed by atoms with E-state index in [2.05, 4.69) is 0 Å². The van der Waals surface area contributed by atoms with Gasteiger partial charge in [-0.2, -0.15) is 0 Å². The third kappa shape index (κ3) is 9.43. The molecule has 0 aromatic carbocycles. The van der Waals surface area contributed by atoms with Crippen LogP contribution in [0.1, 0.15) is 12.8 Å². The molecule has 0 aromatic rings. The van der Waals surface area contributed by atoms with Crippen LogP contribution < -0.4 is 0 Å². The van der Waals surface area contributed by atoms with Crippen molar-refractivity contribution in [3.63, 3.8) is 0 Å². The van der Waals surface area contributed by atoms with Crippen molar-refractivity contribution in [2.45, 2.75) is 18.4 Å². The first-order valence-electron chi connectivity index (χ1n) is 3.17. The minimum atomic E-state index is -2.74. The molecule has 0 fully saturated rings. The fraction of sp³-hybridized carbons (Fsp3) is 0.500. The average molecular weight is 413 g/mol. The van der Waals surface area contributed by atoms with Crippen molar-refractivity contribution < 1.29 is 66.1 Å². The summed E-state index contributed by atoms with van der Waals surface area (Å²) >= 11 is 0. The van der Waals surface area contributed by atoms with E-state index < -0.39 is 36.4 Å². The van der Waals surface area contributed by atoms with E-state index >= 15 is 0 Å². The van der Waals surface area contributed by atoms with Gasteiger partial charge in [-0.25, -0.2) is 4.79 Å². The molecule has 0 aliphatic rings. The van der Waals surface area contributed by atoms with E-state index in [1.54, 1.807) is 0 Å². The van der Waals surface area contributed by atoms with Crippen molar-refractivity contribution in [2.75, 3.05) is 0 Å². The predicted octanol–water partition coefficient (Wildman–Crippen LogP) is -2.72. The SMILES string of the molecule is O.O=C(O)CC(O)(CC(=O)O)C(=O)O.[Hf].[NaH]. The van der Waals surface area contributed by atoms with Crippen LogP contribution in [0.2, 0.25) is 0 Å². The van der Waals surface area contributed by atoms with E-state index in [1.165, 1.54) is 0 Å². The van der Waals surface area contributed by atoms with Crippen LogP contribution in [0.5, 0.6) is 0 Å². The monoisotopic (exact) mass is 414 g/mol. The van der Waals surface area contributed by atoms with Gasteiger partial charge in [0.1, 0.15) is 0 Å². The first kappa shape index (κ1) is 25.1. The number of aliphatic carboxylic acids is 3. The van der Waals surface area contributed by atoms with Gasteiger partial charge in [0.15, 0.2) is 5.60 Å². The summed E-state index contributed by atoms with van der Waals surface area (Å²) in [6.45, 7) is 0. The van der Waals surface area contributed by atoms with Crippen LogP contribution in [0.15, 0.2) is 0 Å². The molecule has 0 amide bonds. The van der Waals surface area contributed by atoms with E-state index in [1.807, 2.05) is 0 Å². The number of rotatable bonds is 5. The van der Waals surface area contributed by atoms with Gasteiger partial charge in [-0.15, -0.1) is 0 Å². The fourth-order valence-electron chi connectivity index (χ4n) is 0.714. The Morgan fingerprint density at radius 1 is 0.938 bits per heavy atom. The van der Waals surface area contributed by atoms with Gasteiger partial charge in [-0.1, -0.05) is 0 Å². The van der Waals surface area contributed by atoms with E-state index in [-0.39, 0.29) is 60.9 Å². The molecule has 0 heterocycles. The van der Waals surface area contributed by atoms with Crippen LogP contribution in [0.4, 0.5) is 0 Å². The third-order valence-corrected chi connectivity index (χ3v) is 1.29. The van der Waals surface area contributed by atoms with Gasteiger partial charge in [0.05, 0.1) is 12.8 Å². The number of hydrogen-bond acceptors (Lipinski definition) is 4. The average Bonchev–Trinajstić information content (AvgIpc) is 1.82. The summed E-state index contributed by atoms with van der Waals surface area (Å²) in [7, 11) is 0. The Labute approximate surface area is 131 Å². The van der Waals surface area contributed by atoms with Gasteiger partial charge in [0.2, 0.25) is 0 Å². The van der Waals surface area contributed by atoms with Crippen LogP contribution in [0, 0.1) is 0 Å². The molecule has 0 radical (unpaired) electrons. The zero-order chi connectivity index (χ0) is 10.6. The number of hydrogen-bond donors (Lipinski definition) is 4. The quantitative estimate of drug-likeness (QED) is 0.356. The van der Waals surface area contributed by atoms with Gasteiger partial charge in [0.25, 0.3) is 0 Å². The molecular formula is C6H11HfNaO8. The second kappa shape index (κ2) is 10.4. The zero-order valence-corrected chi connectivity index (χ0v) is 11.0. The molecule has 0 atom stereocenters. The Hall–Kier alpha value is 0.200. The fourth-order valence-corrected chi connectivity index (χ4v) is 0.714. The van der Waals surface area contributed by atoms with Gasteiger partial charge < -0.3 is 25.9 Å². The molecule has 0 rings (SSSR count). The molecule has 16 heavy (non-hydrogen) atoms.